The SMILES string of the molecule is CCNS(=O)(=O)n1c2c(c3cc(C(=O)N4CCC(C)CC4)ccc31)CN(C)CC2. The van der Waals surface area contributed by atoms with Crippen molar-refractivity contribution in [3.05, 3.63) is 35.0 Å². The van der Waals surface area contributed by atoms with Gasteiger partial charge in [0.15, 0.2) is 0 Å². The third-order valence-electron chi connectivity index (χ3n) is 6.18. The Bertz CT molecular complexity index is 1040. The predicted molar refractivity (Wildman–Crippen MR) is 114 cm³/mol. The number of amides is 1. The zero-order valence-corrected chi connectivity index (χ0v) is 18.3. The number of rotatable bonds is 4. The molecule has 7 nitrogen and oxygen atoms in total. The summed E-state index contributed by atoms with van der Waals surface area (Å²) in [6.07, 6.45) is 2.73. The number of benzene rings is 1. The van der Waals surface area contributed by atoms with Gasteiger partial charge in [-0.15, -0.1) is 0 Å². The molecule has 0 bridgehead atoms. The lowest BCUT2D eigenvalue weighted by atomic mass is 9.98. The van der Waals surface area contributed by atoms with Crippen molar-refractivity contribution < 1.29 is 13.2 Å². The summed E-state index contributed by atoms with van der Waals surface area (Å²) >= 11 is 0. The van der Waals surface area contributed by atoms with Gasteiger partial charge in [-0.1, -0.05) is 13.8 Å². The lowest BCUT2D eigenvalue weighted by Gasteiger charge is -2.30. The fourth-order valence-corrected chi connectivity index (χ4v) is 5.91. The lowest BCUT2D eigenvalue weighted by Crippen LogP contribution is -2.37. The van der Waals surface area contributed by atoms with Gasteiger partial charge in [0, 0.05) is 55.8 Å². The Kier molecular flexibility index (Phi) is 5.44. The maximum atomic E-state index is 13.1. The van der Waals surface area contributed by atoms with E-state index >= 15 is 0 Å². The van der Waals surface area contributed by atoms with Crippen LogP contribution in [0.5, 0.6) is 0 Å². The number of nitrogens with one attached hydrogen (secondary N) is 1. The maximum absolute atomic E-state index is 13.1. The highest BCUT2D eigenvalue weighted by molar-refractivity contribution is 7.88. The van der Waals surface area contributed by atoms with Crippen LogP contribution in [-0.4, -0.2) is 61.3 Å². The van der Waals surface area contributed by atoms with E-state index in [1.165, 1.54) is 3.97 Å². The molecule has 2 aliphatic rings. The van der Waals surface area contributed by atoms with Crippen LogP contribution in [0, 0.1) is 5.92 Å². The van der Waals surface area contributed by atoms with Crippen molar-refractivity contribution >= 4 is 27.0 Å². The zero-order valence-electron chi connectivity index (χ0n) is 17.4. The number of fused-ring (bicyclic) bond motifs is 3. The highest BCUT2D eigenvalue weighted by Crippen LogP contribution is 2.33. The number of likely N-dealkylation sites (tertiary alicyclic amines) is 1. The molecule has 0 saturated carbocycles. The van der Waals surface area contributed by atoms with Crippen LogP contribution in [0.3, 0.4) is 0 Å². The van der Waals surface area contributed by atoms with Gasteiger partial charge in [-0.2, -0.15) is 13.1 Å². The van der Waals surface area contributed by atoms with E-state index in [1.54, 1.807) is 19.1 Å². The number of carbonyl (C=O) groups excluding carboxylic acids is 1. The van der Waals surface area contributed by atoms with Crippen LogP contribution < -0.4 is 4.72 Å². The minimum atomic E-state index is -3.66. The number of nitrogens with zero attached hydrogens (tertiary/aromatic N) is 3. The molecule has 4 rings (SSSR count). The molecule has 1 N–H and O–H groups in total. The topological polar surface area (TPSA) is 74.6 Å². The normalized spacial score (nSPS) is 18.9. The number of piperidine rings is 1. The fourth-order valence-electron chi connectivity index (χ4n) is 4.50. The zero-order chi connectivity index (χ0) is 20.8. The van der Waals surface area contributed by atoms with Gasteiger partial charge < -0.3 is 9.80 Å². The first-order valence-electron chi connectivity index (χ1n) is 10.5. The first-order chi connectivity index (χ1) is 13.8. The molecule has 0 spiro atoms. The summed E-state index contributed by atoms with van der Waals surface area (Å²) in [5.74, 6) is 0.702. The van der Waals surface area contributed by atoms with Gasteiger partial charge in [0.1, 0.15) is 0 Å². The molecule has 0 aliphatic carbocycles. The monoisotopic (exact) mass is 418 g/mol. The maximum Gasteiger partial charge on any atom is 0.305 e. The summed E-state index contributed by atoms with van der Waals surface area (Å²) in [7, 11) is -1.62. The molecule has 29 heavy (non-hydrogen) atoms. The van der Waals surface area contributed by atoms with Gasteiger partial charge in [-0.05, 0) is 49.6 Å². The van der Waals surface area contributed by atoms with Gasteiger partial charge in [0.2, 0.25) is 0 Å². The standard InChI is InChI=1S/C21H30N4O3S/c1-4-22-29(27,28)25-19-6-5-16(21(26)24-11-7-15(2)8-12-24)13-17(19)18-14-23(3)10-9-20(18)25/h5-6,13,15,22H,4,7-12,14H2,1-3H3. The van der Waals surface area contributed by atoms with E-state index < -0.39 is 10.2 Å². The third kappa shape index (κ3) is 3.69. The molecule has 0 atom stereocenters. The molecular weight excluding hydrogens is 388 g/mol. The second kappa shape index (κ2) is 7.74. The molecule has 1 saturated heterocycles. The number of likely N-dealkylation sites (N-methyl/N-ethyl adjacent to an activating group) is 1. The van der Waals surface area contributed by atoms with E-state index in [2.05, 4.69) is 16.5 Å². The number of aromatic nitrogens is 1. The summed E-state index contributed by atoms with van der Waals surface area (Å²) in [6.45, 7) is 7.40. The molecule has 2 aliphatic heterocycles. The summed E-state index contributed by atoms with van der Waals surface area (Å²) < 4.78 is 29.9. The van der Waals surface area contributed by atoms with Gasteiger partial charge in [-0.3, -0.25) is 4.79 Å². The van der Waals surface area contributed by atoms with E-state index in [0.717, 1.165) is 49.1 Å². The molecule has 158 valence electrons. The molecule has 0 unspecified atom stereocenters. The minimum Gasteiger partial charge on any atom is -0.339 e. The highest BCUT2D eigenvalue weighted by Gasteiger charge is 2.29. The second-order valence-corrected chi connectivity index (χ2v) is 9.99. The summed E-state index contributed by atoms with van der Waals surface area (Å²) in [5.41, 5.74) is 3.13. The third-order valence-corrected chi connectivity index (χ3v) is 7.73. The Labute approximate surface area is 172 Å². The molecule has 0 radical (unpaired) electrons. The van der Waals surface area contributed by atoms with Crippen LogP contribution in [-0.2, 0) is 23.2 Å². The number of hydrogen-bond donors (Lipinski definition) is 1. The van der Waals surface area contributed by atoms with Crippen molar-refractivity contribution in [3.63, 3.8) is 0 Å². The van der Waals surface area contributed by atoms with Gasteiger partial charge >= 0.3 is 10.2 Å². The van der Waals surface area contributed by atoms with Crippen LogP contribution >= 0.6 is 0 Å². The Balaban J connectivity index is 1.80. The van der Waals surface area contributed by atoms with Crippen LogP contribution in [0.2, 0.25) is 0 Å². The molecule has 2 aromatic rings. The van der Waals surface area contributed by atoms with Crippen molar-refractivity contribution in [2.24, 2.45) is 5.92 Å². The van der Waals surface area contributed by atoms with Crippen LogP contribution in [0.25, 0.3) is 10.9 Å². The Morgan fingerprint density at radius 1 is 1.21 bits per heavy atom. The molecule has 8 heteroatoms. The van der Waals surface area contributed by atoms with E-state index in [4.69, 9.17) is 0 Å². The quantitative estimate of drug-likeness (QED) is 0.826. The van der Waals surface area contributed by atoms with Crippen molar-refractivity contribution in [3.8, 4) is 0 Å². The summed E-state index contributed by atoms with van der Waals surface area (Å²) in [5, 5.41) is 0.865. The van der Waals surface area contributed by atoms with Crippen molar-refractivity contribution in [2.75, 3.05) is 33.2 Å². The van der Waals surface area contributed by atoms with E-state index in [1.807, 2.05) is 18.0 Å². The number of carbonyl (C=O) groups is 1. The first-order valence-corrected chi connectivity index (χ1v) is 11.9. The Hall–Kier alpha value is -1.90. The first kappa shape index (κ1) is 20.4. The van der Waals surface area contributed by atoms with E-state index in [9.17, 15) is 13.2 Å². The number of hydrogen-bond acceptors (Lipinski definition) is 4. The molecule has 1 amide bonds. The van der Waals surface area contributed by atoms with E-state index in [0.29, 0.717) is 36.5 Å². The molecule has 1 aromatic heterocycles. The van der Waals surface area contributed by atoms with Crippen LogP contribution in [0.15, 0.2) is 18.2 Å². The van der Waals surface area contributed by atoms with Gasteiger partial charge in [0.05, 0.1) is 5.52 Å². The largest absolute Gasteiger partial charge is 0.339 e. The van der Waals surface area contributed by atoms with Crippen molar-refractivity contribution in [1.82, 2.24) is 18.5 Å². The van der Waals surface area contributed by atoms with Crippen molar-refractivity contribution in [2.45, 2.75) is 39.7 Å². The summed E-state index contributed by atoms with van der Waals surface area (Å²) in [4.78, 5) is 17.2. The predicted octanol–water partition coefficient (Wildman–Crippen LogP) is 2.20. The van der Waals surface area contributed by atoms with Gasteiger partial charge in [0.25, 0.3) is 5.91 Å². The smallest absolute Gasteiger partial charge is 0.305 e. The Morgan fingerprint density at radius 2 is 1.93 bits per heavy atom. The average Bonchev–Trinajstić information content (AvgIpc) is 3.01. The molecular formula is C21H30N4O3S. The lowest BCUT2D eigenvalue weighted by molar-refractivity contribution is 0.0697. The minimum absolute atomic E-state index is 0.0407. The van der Waals surface area contributed by atoms with Crippen molar-refractivity contribution in [1.29, 1.82) is 0 Å². The molecule has 1 fully saturated rings. The van der Waals surface area contributed by atoms with Crippen LogP contribution in [0.4, 0.5) is 0 Å². The van der Waals surface area contributed by atoms with Crippen LogP contribution in [0.1, 0.15) is 48.3 Å². The molecule has 3 heterocycles. The Morgan fingerprint density at radius 3 is 2.62 bits per heavy atom. The van der Waals surface area contributed by atoms with Gasteiger partial charge in [-0.25, -0.2) is 3.97 Å². The second-order valence-electron chi connectivity index (χ2n) is 8.39. The summed E-state index contributed by atoms with van der Waals surface area (Å²) in [6, 6.07) is 5.46. The molecule has 1 aromatic carbocycles. The fraction of sp³-hybridized carbons (Fsp3) is 0.571. The van der Waals surface area contributed by atoms with E-state index in [-0.39, 0.29) is 5.91 Å². The average molecular weight is 419 g/mol. The highest BCUT2D eigenvalue weighted by atomic mass is 32.2.